The fourth-order valence-electron chi connectivity index (χ4n) is 2.33. The molecule has 1 unspecified atom stereocenters. The molecule has 0 saturated heterocycles. The fourth-order valence-corrected chi connectivity index (χ4v) is 3.22. The van der Waals surface area contributed by atoms with Gasteiger partial charge in [-0.3, -0.25) is 0 Å². The summed E-state index contributed by atoms with van der Waals surface area (Å²) in [6.45, 7) is 21.5. The molecule has 0 fully saturated rings. The molecule has 0 aliphatic rings. The van der Waals surface area contributed by atoms with Crippen LogP contribution in [0.3, 0.4) is 0 Å². The molecule has 0 aliphatic carbocycles. The second-order valence-electron chi connectivity index (χ2n) is 9.84. The monoisotopic (exact) mass is 353 g/mol. The van der Waals surface area contributed by atoms with Gasteiger partial charge in [-0.15, -0.1) is 4.52 Å². The summed E-state index contributed by atoms with van der Waals surface area (Å²) in [5, 5.41) is 0. The van der Waals surface area contributed by atoms with Crippen LogP contribution in [0.5, 0.6) is 5.75 Å². The summed E-state index contributed by atoms with van der Waals surface area (Å²) in [7, 11) is -2.21. The molecule has 1 atom stereocenters. The quantitative estimate of drug-likeness (QED) is 0.566. The van der Waals surface area contributed by atoms with Gasteiger partial charge in [0.2, 0.25) is 0 Å². The van der Waals surface area contributed by atoms with E-state index in [2.05, 4.69) is 60.6 Å². The molecule has 3 nitrogen and oxygen atoms in total. The molecule has 0 amide bonds. The van der Waals surface area contributed by atoms with Crippen LogP contribution in [-0.2, 0) is 19.9 Å². The molecule has 24 heavy (non-hydrogen) atoms. The minimum atomic E-state index is -2.21. The molecule has 1 aromatic carbocycles. The van der Waals surface area contributed by atoms with Crippen molar-refractivity contribution in [3.05, 3.63) is 28.8 Å². The normalized spacial score (nSPS) is 13.8. The van der Waals surface area contributed by atoms with Crippen LogP contribution in [0.15, 0.2) is 12.1 Å². The Morgan fingerprint density at radius 3 is 1.62 bits per heavy atom. The average Bonchev–Trinajstić information content (AvgIpc) is 2.34. The van der Waals surface area contributed by atoms with Gasteiger partial charge in [0.05, 0.1) is 0 Å². The third-order valence-corrected chi connectivity index (χ3v) is 4.29. The van der Waals surface area contributed by atoms with Crippen molar-refractivity contribution in [2.24, 2.45) is 5.41 Å². The summed E-state index contributed by atoms with van der Waals surface area (Å²) in [6.07, 6.45) is 0. The van der Waals surface area contributed by atoms with E-state index in [1.165, 1.54) is 5.56 Å². The first-order chi connectivity index (χ1) is 10.6. The van der Waals surface area contributed by atoms with Crippen LogP contribution in [0.25, 0.3) is 0 Å². The summed E-state index contributed by atoms with van der Waals surface area (Å²) >= 11 is 0. The number of hydrogen-bond donors (Lipinski definition) is 0. The van der Waals surface area contributed by atoms with E-state index >= 15 is 0 Å². The van der Waals surface area contributed by atoms with Gasteiger partial charge in [-0.1, -0.05) is 80.0 Å². The Hall–Kier alpha value is -0.920. The molecule has 0 aromatic heterocycles. The van der Waals surface area contributed by atoms with Gasteiger partial charge >= 0.3 is 8.25 Å². The van der Waals surface area contributed by atoms with Crippen molar-refractivity contribution in [1.29, 1.82) is 0 Å². The van der Waals surface area contributed by atoms with E-state index in [1.807, 2.05) is 20.8 Å². The number of benzene rings is 1. The molecular formula is C20H34O3P+. The first-order valence-corrected chi connectivity index (χ1v) is 9.64. The highest BCUT2D eigenvalue weighted by molar-refractivity contribution is 7.33. The average molecular weight is 353 g/mol. The molecule has 0 heterocycles. The molecule has 4 heteroatoms. The minimum Gasteiger partial charge on any atom is -0.229 e. The molecule has 0 saturated carbocycles. The van der Waals surface area contributed by atoms with Crippen LogP contribution in [0, 0.1) is 12.3 Å². The molecule has 0 spiro atoms. The maximum absolute atomic E-state index is 12.4. The first-order valence-electron chi connectivity index (χ1n) is 8.55. The van der Waals surface area contributed by atoms with Crippen molar-refractivity contribution in [3.8, 4) is 5.75 Å². The zero-order valence-corrected chi connectivity index (χ0v) is 17.9. The summed E-state index contributed by atoms with van der Waals surface area (Å²) in [5.74, 6) is 0.704. The molecule has 1 rings (SSSR count). The second-order valence-corrected chi connectivity index (χ2v) is 10.7. The maximum atomic E-state index is 12.4. The Morgan fingerprint density at radius 2 is 1.29 bits per heavy atom. The topological polar surface area (TPSA) is 35.5 Å². The van der Waals surface area contributed by atoms with Crippen molar-refractivity contribution in [2.45, 2.75) is 80.1 Å². The van der Waals surface area contributed by atoms with Gasteiger partial charge < -0.3 is 0 Å². The Labute approximate surface area is 149 Å². The lowest BCUT2D eigenvalue weighted by atomic mass is 9.78. The highest BCUT2D eigenvalue weighted by Crippen LogP contribution is 2.44. The van der Waals surface area contributed by atoms with Crippen molar-refractivity contribution >= 4 is 8.25 Å². The van der Waals surface area contributed by atoms with E-state index in [-0.39, 0.29) is 16.2 Å². The number of aryl methyl sites for hydroxylation is 1. The van der Waals surface area contributed by atoms with E-state index in [1.54, 1.807) is 0 Å². The van der Waals surface area contributed by atoms with E-state index in [9.17, 15) is 4.57 Å². The summed E-state index contributed by atoms with van der Waals surface area (Å²) in [6, 6.07) is 4.25. The molecule has 0 N–H and O–H groups in total. The standard InChI is InChI=1S/C20H34O3P/c1-14-11-15(19(5,6)7)17(16(12-14)20(8,9)10)23-24(21)22-13-18(2,3)4/h11-12H,13H2,1-10H3/q+1. The third kappa shape index (κ3) is 6.18. The lowest BCUT2D eigenvalue weighted by Crippen LogP contribution is -2.19. The summed E-state index contributed by atoms with van der Waals surface area (Å²) in [4.78, 5) is 0. The SMILES string of the molecule is Cc1cc(C(C)(C)C)c(O[P+](=O)OCC(C)(C)C)c(C(C)(C)C)c1. The molecule has 1 aromatic rings. The van der Waals surface area contributed by atoms with Gasteiger partial charge in [0.1, 0.15) is 6.61 Å². The van der Waals surface area contributed by atoms with Crippen LogP contribution in [-0.4, -0.2) is 6.61 Å². The van der Waals surface area contributed by atoms with Crippen molar-refractivity contribution in [1.82, 2.24) is 0 Å². The lowest BCUT2D eigenvalue weighted by molar-refractivity contribution is 0.188. The van der Waals surface area contributed by atoms with Crippen LogP contribution in [0.2, 0.25) is 0 Å². The zero-order chi connectivity index (χ0) is 18.9. The summed E-state index contributed by atoms with van der Waals surface area (Å²) in [5.41, 5.74) is 3.04. The molecule has 136 valence electrons. The van der Waals surface area contributed by atoms with Crippen LogP contribution < -0.4 is 4.52 Å². The van der Waals surface area contributed by atoms with E-state index in [4.69, 9.17) is 9.05 Å². The van der Waals surface area contributed by atoms with Crippen LogP contribution in [0.4, 0.5) is 0 Å². The highest BCUT2D eigenvalue weighted by Gasteiger charge is 2.34. The molecule has 0 radical (unpaired) electrons. The van der Waals surface area contributed by atoms with Crippen LogP contribution in [0.1, 0.15) is 79.0 Å². The molecule has 0 aliphatic heterocycles. The largest absolute Gasteiger partial charge is 0.750 e. The minimum absolute atomic E-state index is 0.0542. The Balaban J connectivity index is 3.31. The van der Waals surface area contributed by atoms with E-state index < -0.39 is 8.25 Å². The lowest BCUT2D eigenvalue weighted by Gasteiger charge is -2.27. The van der Waals surface area contributed by atoms with Gasteiger partial charge in [-0.2, -0.15) is 0 Å². The highest BCUT2D eigenvalue weighted by atomic mass is 31.1. The van der Waals surface area contributed by atoms with Gasteiger partial charge in [-0.05, 0) is 23.2 Å². The number of rotatable bonds is 4. The fraction of sp³-hybridized carbons (Fsp3) is 0.700. The van der Waals surface area contributed by atoms with Crippen molar-refractivity contribution < 1.29 is 13.6 Å². The predicted molar refractivity (Wildman–Crippen MR) is 102 cm³/mol. The smallest absolute Gasteiger partial charge is 0.229 e. The van der Waals surface area contributed by atoms with Crippen molar-refractivity contribution in [3.63, 3.8) is 0 Å². The maximum Gasteiger partial charge on any atom is 0.750 e. The van der Waals surface area contributed by atoms with Gasteiger partial charge in [0.15, 0.2) is 5.75 Å². The van der Waals surface area contributed by atoms with Crippen molar-refractivity contribution in [2.75, 3.05) is 6.61 Å². The summed E-state index contributed by atoms with van der Waals surface area (Å²) < 4.78 is 23.7. The first kappa shape index (κ1) is 21.1. The molecule has 0 bridgehead atoms. The van der Waals surface area contributed by atoms with Crippen LogP contribution >= 0.6 is 8.25 Å². The number of hydrogen-bond acceptors (Lipinski definition) is 3. The Morgan fingerprint density at radius 1 is 0.875 bits per heavy atom. The van der Waals surface area contributed by atoms with Gasteiger partial charge in [-0.25, -0.2) is 4.52 Å². The third-order valence-electron chi connectivity index (χ3n) is 3.62. The van der Waals surface area contributed by atoms with Gasteiger partial charge in [0, 0.05) is 15.7 Å². The Bertz CT molecular complexity index is 564. The Kier molecular flexibility index (Phi) is 6.28. The zero-order valence-electron chi connectivity index (χ0n) is 17.0. The van der Waals surface area contributed by atoms with E-state index in [0.717, 1.165) is 11.1 Å². The second kappa shape index (κ2) is 7.14. The molecular weight excluding hydrogens is 319 g/mol. The predicted octanol–water partition coefficient (Wildman–Crippen LogP) is 6.69. The van der Waals surface area contributed by atoms with E-state index in [0.29, 0.717) is 12.4 Å². The van der Waals surface area contributed by atoms with Gasteiger partial charge in [0.25, 0.3) is 0 Å².